The molecule has 1 aromatic rings. The Hall–Kier alpha value is -0.750. The van der Waals surface area contributed by atoms with Crippen molar-refractivity contribution in [3.05, 3.63) is 17.5 Å². The molecule has 0 saturated carbocycles. The summed E-state index contributed by atoms with van der Waals surface area (Å²) in [6.07, 6.45) is -2.62. The van der Waals surface area contributed by atoms with E-state index in [9.17, 15) is 13.2 Å². The van der Waals surface area contributed by atoms with Crippen LogP contribution in [0.2, 0.25) is 0 Å². The molecule has 1 saturated heterocycles. The van der Waals surface area contributed by atoms with E-state index in [0.29, 0.717) is 5.76 Å². The Labute approximate surface area is 97.0 Å². The van der Waals surface area contributed by atoms with Crippen LogP contribution in [0.1, 0.15) is 30.3 Å². The van der Waals surface area contributed by atoms with Gasteiger partial charge >= 0.3 is 6.18 Å². The van der Waals surface area contributed by atoms with Crippen molar-refractivity contribution in [2.24, 2.45) is 0 Å². The number of halogens is 4. The van der Waals surface area contributed by atoms with Gasteiger partial charge in [0, 0.05) is 6.07 Å². The fraction of sp³-hybridized carbons (Fsp3) is 0.667. The van der Waals surface area contributed by atoms with Crippen LogP contribution < -0.4 is 0 Å². The molecule has 1 aromatic heterocycles. The molecule has 0 aromatic carbocycles. The van der Waals surface area contributed by atoms with Gasteiger partial charge in [-0.2, -0.15) is 13.2 Å². The quantitative estimate of drug-likeness (QED) is 0.774. The van der Waals surface area contributed by atoms with Crippen molar-refractivity contribution in [1.29, 1.82) is 0 Å². The monoisotopic (exact) mass is 256 g/mol. The zero-order valence-corrected chi connectivity index (χ0v) is 9.44. The van der Waals surface area contributed by atoms with Crippen LogP contribution in [0.5, 0.6) is 0 Å². The Kier molecular flexibility index (Phi) is 3.85. The van der Waals surface area contributed by atoms with Crippen molar-refractivity contribution < 1.29 is 17.7 Å². The highest BCUT2D eigenvalue weighted by Gasteiger charge is 2.37. The zero-order valence-electron chi connectivity index (χ0n) is 8.62. The van der Waals surface area contributed by atoms with Crippen LogP contribution in [-0.2, 0) is 6.18 Å². The number of aromatic nitrogens is 1. The molecular formula is C9H12ClF3N2O. The highest BCUT2D eigenvalue weighted by molar-refractivity contribution is 5.85. The Morgan fingerprint density at radius 3 is 2.62 bits per heavy atom. The van der Waals surface area contributed by atoms with Crippen molar-refractivity contribution in [3.63, 3.8) is 0 Å². The van der Waals surface area contributed by atoms with Gasteiger partial charge in [0.05, 0.1) is 6.04 Å². The third kappa shape index (κ3) is 2.49. The first kappa shape index (κ1) is 13.3. The van der Waals surface area contributed by atoms with Crippen molar-refractivity contribution in [3.8, 4) is 0 Å². The van der Waals surface area contributed by atoms with Crippen LogP contribution in [0.25, 0.3) is 0 Å². The molecule has 0 bridgehead atoms. The number of rotatable bonds is 1. The largest absolute Gasteiger partial charge is 0.436 e. The highest BCUT2D eigenvalue weighted by atomic mass is 35.5. The summed E-state index contributed by atoms with van der Waals surface area (Å²) >= 11 is 0. The minimum Gasteiger partial charge on any atom is -0.359 e. The molecule has 3 nitrogen and oxygen atoms in total. The first-order valence-corrected chi connectivity index (χ1v) is 4.72. The van der Waals surface area contributed by atoms with Crippen LogP contribution in [-0.4, -0.2) is 23.6 Å². The van der Waals surface area contributed by atoms with E-state index in [2.05, 4.69) is 5.16 Å². The smallest absolute Gasteiger partial charge is 0.359 e. The molecule has 0 radical (unpaired) electrons. The Balaban J connectivity index is 0.00000128. The lowest BCUT2D eigenvalue weighted by atomic mass is 10.1. The van der Waals surface area contributed by atoms with Crippen LogP contribution in [0.15, 0.2) is 10.6 Å². The number of nitrogens with zero attached hydrogens (tertiary/aromatic N) is 2. The molecule has 0 unspecified atom stereocenters. The van der Waals surface area contributed by atoms with E-state index in [4.69, 9.17) is 4.52 Å². The highest BCUT2D eigenvalue weighted by Crippen LogP contribution is 2.34. The fourth-order valence-corrected chi connectivity index (χ4v) is 1.85. The summed E-state index contributed by atoms with van der Waals surface area (Å²) in [6.45, 7) is 0.882. The maximum absolute atomic E-state index is 12.2. The number of hydrogen-bond donors (Lipinski definition) is 0. The van der Waals surface area contributed by atoms with E-state index in [1.54, 1.807) is 0 Å². The van der Waals surface area contributed by atoms with Crippen molar-refractivity contribution in [2.75, 3.05) is 13.6 Å². The molecule has 0 N–H and O–H groups in total. The average molecular weight is 257 g/mol. The maximum atomic E-state index is 12.2. The molecule has 92 valence electrons. The molecule has 1 atom stereocenters. The van der Waals surface area contributed by atoms with Gasteiger partial charge in [0.2, 0.25) is 0 Å². The first-order valence-electron chi connectivity index (χ1n) is 4.72. The van der Waals surface area contributed by atoms with E-state index in [1.807, 2.05) is 11.9 Å². The SMILES string of the molecule is CN1CCC[C@H]1c1cc(C(F)(F)F)no1.Cl. The topological polar surface area (TPSA) is 29.3 Å². The van der Waals surface area contributed by atoms with Gasteiger partial charge in [-0.25, -0.2) is 0 Å². The summed E-state index contributed by atoms with van der Waals surface area (Å²) < 4.78 is 41.5. The summed E-state index contributed by atoms with van der Waals surface area (Å²) in [6, 6.07) is 0.931. The molecule has 16 heavy (non-hydrogen) atoms. The predicted molar refractivity (Wildman–Crippen MR) is 53.4 cm³/mol. The molecule has 2 heterocycles. The van der Waals surface area contributed by atoms with E-state index < -0.39 is 11.9 Å². The van der Waals surface area contributed by atoms with Crippen molar-refractivity contribution >= 4 is 12.4 Å². The van der Waals surface area contributed by atoms with Gasteiger partial charge in [0.25, 0.3) is 0 Å². The summed E-state index contributed by atoms with van der Waals surface area (Å²) in [5.74, 6) is 0.308. The second-order valence-corrected chi connectivity index (χ2v) is 3.75. The number of alkyl halides is 3. The minimum atomic E-state index is -4.42. The van der Waals surface area contributed by atoms with Crippen molar-refractivity contribution in [2.45, 2.75) is 25.1 Å². The lowest BCUT2D eigenvalue weighted by Crippen LogP contribution is -2.16. The molecule has 0 amide bonds. The number of hydrogen-bond acceptors (Lipinski definition) is 3. The first-order chi connectivity index (χ1) is 6.98. The van der Waals surface area contributed by atoms with Crippen LogP contribution >= 0.6 is 12.4 Å². The second-order valence-electron chi connectivity index (χ2n) is 3.75. The zero-order chi connectivity index (χ0) is 11.1. The van der Waals surface area contributed by atoms with E-state index in [-0.39, 0.29) is 18.4 Å². The minimum absolute atomic E-state index is 0. The van der Waals surface area contributed by atoms with Gasteiger partial charge in [-0.15, -0.1) is 12.4 Å². The normalized spacial score (nSPS) is 22.1. The fourth-order valence-electron chi connectivity index (χ4n) is 1.85. The summed E-state index contributed by atoms with van der Waals surface area (Å²) in [7, 11) is 1.87. The molecule has 1 aliphatic heterocycles. The molecule has 0 spiro atoms. The van der Waals surface area contributed by atoms with Crippen molar-refractivity contribution in [1.82, 2.24) is 10.1 Å². The Morgan fingerprint density at radius 2 is 2.19 bits per heavy atom. The summed E-state index contributed by atoms with van der Waals surface area (Å²) in [4.78, 5) is 1.97. The van der Waals surface area contributed by atoms with E-state index >= 15 is 0 Å². The van der Waals surface area contributed by atoms with Gasteiger partial charge in [0.1, 0.15) is 0 Å². The maximum Gasteiger partial charge on any atom is 0.436 e. The molecule has 1 fully saturated rings. The van der Waals surface area contributed by atoms with Crippen LogP contribution in [0.3, 0.4) is 0 Å². The lowest BCUT2D eigenvalue weighted by Gasteiger charge is -2.15. The Bertz CT molecular complexity index is 353. The molecule has 2 rings (SSSR count). The Morgan fingerprint density at radius 1 is 1.50 bits per heavy atom. The lowest BCUT2D eigenvalue weighted by molar-refractivity contribution is -0.142. The van der Waals surface area contributed by atoms with Gasteiger partial charge in [-0.3, -0.25) is 4.90 Å². The van der Waals surface area contributed by atoms with Crippen LogP contribution in [0.4, 0.5) is 13.2 Å². The van der Waals surface area contributed by atoms with Gasteiger partial charge in [-0.05, 0) is 26.4 Å². The summed E-state index contributed by atoms with van der Waals surface area (Å²) in [5.41, 5.74) is -0.946. The van der Waals surface area contributed by atoms with Gasteiger partial charge in [0.15, 0.2) is 11.5 Å². The second kappa shape index (κ2) is 4.63. The third-order valence-electron chi connectivity index (χ3n) is 2.67. The molecule has 0 aliphatic carbocycles. The van der Waals surface area contributed by atoms with Gasteiger partial charge < -0.3 is 4.52 Å². The molecule has 1 aliphatic rings. The van der Waals surface area contributed by atoms with Gasteiger partial charge in [-0.1, -0.05) is 5.16 Å². The standard InChI is InChI=1S/C9H11F3N2O.ClH/c1-14-4-2-3-6(14)7-5-8(13-15-7)9(10,11)12;/h5-6H,2-4H2,1H3;1H/t6-;/m0./s1. The van der Waals surface area contributed by atoms with Crippen LogP contribution in [0, 0.1) is 0 Å². The molecule has 7 heteroatoms. The van der Waals surface area contributed by atoms with E-state index in [0.717, 1.165) is 25.5 Å². The third-order valence-corrected chi connectivity index (χ3v) is 2.67. The van der Waals surface area contributed by atoms with E-state index in [1.165, 1.54) is 0 Å². The number of likely N-dealkylation sites (tertiary alicyclic amines) is 1. The summed E-state index contributed by atoms with van der Waals surface area (Å²) in [5, 5.41) is 3.04. The predicted octanol–water partition coefficient (Wildman–Crippen LogP) is 2.88. The average Bonchev–Trinajstić information content (AvgIpc) is 2.69. The molecular weight excluding hydrogens is 245 g/mol.